The molecule has 1 aromatic carbocycles. The average molecular weight is 260 g/mol. The van der Waals surface area contributed by atoms with E-state index in [-0.39, 0.29) is 17.6 Å². The lowest BCUT2D eigenvalue weighted by atomic mass is 9.88. The SMILES string of the molecule is CCC(C)NC(=O)NC1(c2ccccc2)CCCC1. The Morgan fingerprint density at radius 1 is 1.26 bits per heavy atom. The topological polar surface area (TPSA) is 41.1 Å². The lowest BCUT2D eigenvalue weighted by Crippen LogP contribution is -2.50. The highest BCUT2D eigenvalue weighted by Gasteiger charge is 2.36. The zero-order valence-corrected chi connectivity index (χ0v) is 11.9. The van der Waals surface area contributed by atoms with Crippen molar-refractivity contribution in [1.82, 2.24) is 10.6 Å². The van der Waals surface area contributed by atoms with Crippen LogP contribution in [0, 0.1) is 0 Å². The standard InChI is InChI=1S/C16H24N2O/c1-3-13(2)17-15(19)18-16(11-7-8-12-16)14-9-5-4-6-10-14/h4-6,9-10,13H,3,7-8,11-12H2,1-2H3,(H2,17,18,19). The van der Waals surface area contributed by atoms with Crippen LogP contribution < -0.4 is 10.6 Å². The van der Waals surface area contributed by atoms with Crippen molar-refractivity contribution in [3.05, 3.63) is 35.9 Å². The van der Waals surface area contributed by atoms with Crippen molar-refractivity contribution in [1.29, 1.82) is 0 Å². The Morgan fingerprint density at radius 2 is 1.89 bits per heavy atom. The van der Waals surface area contributed by atoms with E-state index in [1.54, 1.807) is 0 Å². The highest BCUT2D eigenvalue weighted by Crippen LogP contribution is 2.38. The van der Waals surface area contributed by atoms with Gasteiger partial charge in [-0.05, 0) is 31.7 Å². The molecule has 1 saturated carbocycles. The van der Waals surface area contributed by atoms with Crippen molar-refractivity contribution >= 4 is 6.03 Å². The van der Waals surface area contributed by atoms with Gasteiger partial charge in [-0.2, -0.15) is 0 Å². The van der Waals surface area contributed by atoms with Crippen LogP contribution in [0.2, 0.25) is 0 Å². The van der Waals surface area contributed by atoms with Crippen molar-refractivity contribution in [2.75, 3.05) is 0 Å². The summed E-state index contributed by atoms with van der Waals surface area (Å²) in [4.78, 5) is 12.1. The molecule has 3 heteroatoms. The fourth-order valence-corrected chi connectivity index (χ4v) is 2.80. The minimum atomic E-state index is -0.168. The van der Waals surface area contributed by atoms with Crippen LogP contribution in [0.4, 0.5) is 4.79 Å². The first kappa shape index (κ1) is 13.9. The van der Waals surface area contributed by atoms with E-state index in [9.17, 15) is 4.79 Å². The van der Waals surface area contributed by atoms with Crippen LogP contribution in [0.3, 0.4) is 0 Å². The molecule has 0 spiro atoms. The molecule has 104 valence electrons. The smallest absolute Gasteiger partial charge is 0.315 e. The molecule has 0 aromatic heterocycles. The number of amides is 2. The fraction of sp³-hybridized carbons (Fsp3) is 0.562. The summed E-state index contributed by atoms with van der Waals surface area (Å²) < 4.78 is 0. The van der Waals surface area contributed by atoms with Gasteiger partial charge < -0.3 is 10.6 Å². The van der Waals surface area contributed by atoms with E-state index in [2.05, 4.69) is 29.7 Å². The molecule has 1 atom stereocenters. The van der Waals surface area contributed by atoms with Gasteiger partial charge in [-0.25, -0.2) is 4.79 Å². The summed E-state index contributed by atoms with van der Waals surface area (Å²) in [5.41, 5.74) is 1.06. The molecule has 0 bridgehead atoms. The molecular weight excluding hydrogens is 236 g/mol. The molecule has 1 fully saturated rings. The van der Waals surface area contributed by atoms with Gasteiger partial charge in [0.15, 0.2) is 0 Å². The van der Waals surface area contributed by atoms with Gasteiger partial charge in [0.1, 0.15) is 0 Å². The quantitative estimate of drug-likeness (QED) is 0.854. The third kappa shape index (κ3) is 3.28. The van der Waals surface area contributed by atoms with Crippen LogP contribution >= 0.6 is 0 Å². The van der Waals surface area contributed by atoms with E-state index in [1.807, 2.05) is 25.1 Å². The molecule has 0 heterocycles. The number of urea groups is 1. The van der Waals surface area contributed by atoms with Gasteiger partial charge >= 0.3 is 6.03 Å². The van der Waals surface area contributed by atoms with Crippen molar-refractivity contribution in [2.45, 2.75) is 57.5 Å². The first-order valence-corrected chi connectivity index (χ1v) is 7.30. The van der Waals surface area contributed by atoms with Gasteiger partial charge in [-0.1, -0.05) is 50.1 Å². The number of hydrogen-bond donors (Lipinski definition) is 2. The third-order valence-electron chi connectivity index (χ3n) is 4.13. The number of hydrogen-bond acceptors (Lipinski definition) is 1. The van der Waals surface area contributed by atoms with Crippen molar-refractivity contribution in [2.24, 2.45) is 0 Å². The minimum absolute atomic E-state index is 0.0416. The van der Waals surface area contributed by atoms with Gasteiger partial charge in [0.05, 0.1) is 5.54 Å². The van der Waals surface area contributed by atoms with E-state index >= 15 is 0 Å². The molecule has 1 aliphatic rings. The maximum absolute atomic E-state index is 12.1. The summed E-state index contributed by atoms with van der Waals surface area (Å²) in [7, 11) is 0. The predicted molar refractivity (Wildman–Crippen MR) is 78.0 cm³/mol. The summed E-state index contributed by atoms with van der Waals surface area (Å²) in [6.07, 6.45) is 5.37. The summed E-state index contributed by atoms with van der Waals surface area (Å²) >= 11 is 0. The Balaban J connectivity index is 2.10. The molecule has 3 nitrogen and oxygen atoms in total. The van der Waals surface area contributed by atoms with Crippen LogP contribution in [-0.2, 0) is 5.54 Å². The second-order valence-electron chi connectivity index (χ2n) is 5.56. The third-order valence-corrected chi connectivity index (χ3v) is 4.13. The van der Waals surface area contributed by atoms with Crippen molar-refractivity contribution < 1.29 is 4.79 Å². The second kappa shape index (κ2) is 6.09. The van der Waals surface area contributed by atoms with Gasteiger partial charge in [0, 0.05) is 6.04 Å². The monoisotopic (exact) mass is 260 g/mol. The summed E-state index contributed by atoms with van der Waals surface area (Å²) in [5, 5.41) is 6.22. The second-order valence-corrected chi connectivity index (χ2v) is 5.56. The Labute approximate surface area is 115 Å². The molecular formula is C16H24N2O. The number of nitrogens with one attached hydrogen (secondary N) is 2. The molecule has 1 unspecified atom stereocenters. The maximum atomic E-state index is 12.1. The van der Waals surface area contributed by atoms with Crippen LogP contribution in [0.1, 0.15) is 51.5 Å². The number of carbonyl (C=O) groups excluding carboxylic acids is 1. The summed E-state index contributed by atoms with van der Waals surface area (Å²) in [5.74, 6) is 0. The Hall–Kier alpha value is -1.51. The maximum Gasteiger partial charge on any atom is 0.315 e. The summed E-state index contributed by atoms with van der Waals surface area (Å²) in [6.45, 7) is 4.11. The minimum Gasteiger partial charge on any atom is -0.336 e. The van der Waals surface area contributed by atoms with Gasteiger partial charge in [0.25, 0.3) is 0 Å². The van der Waals surface area contributed by atoms with E-state index in [4.69, 9.17) is 0 Å². The van der Waals surface area contributed by atoms with Gasteiger partial charge in [-0.15, -0.1) is 0 Å². The lowest BCUT2D eigenvalue weighted by Gasteiger charge is -2.31. The van der Waals surface area contributed by atoms with E-state index in [0.29, 0.717) is 0 Å². The van der Waals surface area contributed by atoms with Gasteiger partial charge in [-0.3, -0.25) is 0 Å². The molecule has 19 heavy (non-hydrogen) atoms. The molecule has 2 amide bonds. The van der Waals surface area contributed by atoms with Crippen LogP contribution in [-0.4, -0.2) is 12.1 Å². The zero-order valence-electron chi connectivity index (χ0n) is 11.9. The highest BCUT2D eigenvalue weighted by atomic mass is 16.2. The van der Waals surface area contributed by atoms with E-state index in [0.717, 1.165) is 19.3 Å². The van der Waals surface area contributed by atoms with Crippen LogP contribution in [0.15, 0.2) is 30.3 Å². The molecule has 0 aliphatic heterocycles. The van der Waals surface area contributed by atoms with Crippen LogP contribution in [0.25, 0.3) is 0 Å². The summed E-state index contributed by atoms with van der Waals surface area (Å²) in [6, 6.07) is 10.5. The first-order chi connectivity index (χ1) is 9.16. The van der Waals surface area contributed by atoms with Crippen molar-refractivity contribution in [3.63, 3.8) is 0 Å². The largest absolute Gasteiger partial charge is 0.336 e. The first-order valence-electron chi connectivity index (χ1n) is 7.30. The Morgan fingerprint density at radius 3 is 2.47 bits per heavy atom. The molecule has 2 rings (SSSR count). The van der Waals surface area contributed by atoms with E-state index < -0.39 is 0 Å². The Kier molecular flexibility index (Phi) is 4.46. The number of carbonyl (C=O) groups is 1. The predicted octanol–water partition coefficient (Wildman–Crippen LogP) is 3.55. The Bertz CT molecular complexity index is 410. The van der Waals surface area contributed by atoms with E-state index in [1.165, 1.54) is 18.4 Å². The van der Waals surface area contributed by atoms with Gasteiger partial charge in [0.2, 0.25) is 0 Å². The zero-order chi connectivity index (χ0) is 13.7. The number of rotatable bonds is 4. The average Bonchev–Trinajstić information content (AvgIpc) is 2.89. The molecule has 0 saturated heterocycles. The highest BCUT2D eigenvalue weighted by molar-refractivity contribution is 5.75. The number of benzene rings is 1. The van der Waals surface area contributed by atoms with Crippen molar-refractivity contribution in [3.8, 4) is 0 Å². The molecule has 0 radical (unpaired) electrons. The lowest BCUT2D eigenvalue weighted by molar-refractivity contribution is 0.221. The normalized spacial score (nSPS) is 18.8. The fourth-order valence-electron chi connectivity index (χ4n) is 2.80. The molecule has 2 N–H and O–H groups in total. The molecule has 1 aliphatic carbocycles. The van der Waals surface area contributed by atoms with Crippen LogP contribution in [0.5, 0.6) is 0 Å². The molecule has 1 aromatic rings.